The van der Waals surface area contributed by atoms with E-state index in [1.54, 1.807) is 6.33 Å². The fraction of sp³-hybridized carbons (Fsp3) is 0.583. The maximum Gasteiger partial charge on any atom is 0.132 e. The Bertz CT molecular complexity index is 736. The Kier molecular flexibility index (Phi) is 6.99. The molecule has 2 heterocycles. The standard InChI is InChI=1S/C24H35N5/c1-20(17-21-7-3-2-4-8-21)26-18-22-9-5-6-10-23(22)28-13-15-29(16-14-28)24-11-12-25-19-27-24/h5-6,9-12,19-21,26H,2-4,7-8,13-18H2,1H3. The van der Waals surface area contributed by atoms with Crippen LogP contribution in [-0.4, -0.2) is 42.2 Å². The van der Waals surface area contributed by atoms with E-state index in [-0.39, 0.29) is 0 Å². The van der Waals surface area contributed by atoms with Crippen molar-refractivity contribution in [2.45, 2.75) is 58.0 Å². The van der Waals surface area contributed by atoms with E-state index in [0.29, 0.717) is 6.04 Å². The SMILES string of the molecule is CC(CC1CCCCC1)NCc1ccccc1N1CCN(c2ccncn2)CC1. The lowest BCUT2D eigenvalue weighted by Crippen LogP contribution is -2.47. The molecule has 1 aromatic heterocycles. The Morgan fingerprint density at radius 1 is 1.00 bits per heavy atom. The number of piperazine rings is 1. The second-order valence-electron chi connectivity index (χ2n) is 8.69. The fourth-order valence-corrected chi connectivity index (χ4v) is 4.91. The highest BCUT2D eigenvalue weighted by Crippen LogP contribution is 2.28. The molecule has 156 valence electrons. The highest BCUT2D eigenvalue weighted by molar-refractivity contribution is 5.55. The van der Waals surface area contributed by atoms with Crippen molar-refractivity contribution >= 4 is 11.5 Å². The Hall–Kier alpha value is -2.14. The first-order chi connectivity index (χ1) is 14.3. The molecule has 1 saturated carbocycles. The summed E-state index contributed by atoms with van der Waals surface area (Å²) in [6.07, 6.45) is 11.9. The van der Waals surface area contributed by atoms with Crippen molar-refractivity contribution in [1.29, 1.82) is 0 Å². The molecule has 5 heteroatoms. The van der Waals surface area contributed by atoms with Gasteiger partial charge in [0.15, 0.2) is 0 Å². The number of rotatable bonds is 7. The number of anilines is 2. The summed E-state index contributed by atoms with van der Waals surface area (Å²) in [5.74, 6) is 1.96. The molecule has 1 aliphatic heterocycles. The zero-order valence-electron chi connectivity index (χ0n) is 17.8. The largest absolute Gasteiger partial charge is 0.368 e. The Morgan fingerprint density at radius 2 is 1.76 bits per heavy atom. The van der Waals surface area contributed by atoms with Gasteiger partial charge in [0.05, 0.1) is 0 Å². The summed E-state index contributed by atoms with van der Waals surface area (Å²) in [4.78, 5) is 13.3. The van der Waals surface area contributed by atoms with Crippen molar-refractivity contribution < 1.29 is 0 Å². The van der Waals surface area contributed by atoms with Gasteiger partial charge in [-0.2, -0.15) is 0 Å². The van der Waals surface area contributed by atoms with E-state index in [9.17, 15) is 0 Å². The monoisotopic (exact) mass is 393 g/mol. The molecule has 4 rings (SSSR count). The molecule has 0 spiro atoms. The molecule has 1 saturated heterocycles. The number of hydrogen-bond donors (Lipinski definition) is 1. The van der Waals surface area contributed by atoms with Gasteiger partial charge in [0, 0.05) is 50.6 Å². The van der Waals surface area contributed by atoms with E-state index in [4.69, 9.17) is 0 Å². The minimum absolute atomic E-state index is 0.584. The van der Waals surface area contributed by atoms with Crippen LogP contribution in [0.3, 0.4) is 0 Å². The maximum absolute atomic E-state index is 4.40. The average molecular weight is 394 g/mol. The first-order valence-electron chi connectivity index (χ1n) is 11.4. The van der Waals surface area contributed by atoms with Crippen LogP contribution < -0.4 is 15.1 Å². The van der Waals surface area contributed by atoms with Crippen LogP contribution in [-0.2, 0) is 6.54 Å². The van der Waals surface area contributed by atoms with E-state index in [2.05, 4.69) is 56.3 Å². The van der Waals surface area contributed by atoms with Gasteiger partial charge < -0.3 is 15.1 Å². The quantitative estimate of drug-likeness (QED) is 0.762. The van der Waals surface area contributed by atoms with Crippen LogP contribution in [0.25, 0.3) is 0 Å². The van der Waals surface area contributed by atoms with E-state index in [0.717, 1.165) is 44.5 Å². The summed E-state index contributed by atoms with van der Waals surface area (Å²) >= 11 is 0. The van der Waals surface area contributed by atoms with Gasteiger partial charge in [-0.15, -0.1) is 0 Å². The van der Waals surface area contributed by atoms with Crippen LogP contribution >= 0.6 is 0 Å². The van der Waals surface area contributed by atoms with E-state index in [1.165, 1.54) is 49.8 Å². The van der Waals surface area contributed by atoms with Gasteiger partial charge in [-0.05, 0) is 37.0 Å². The highest BCUT2D eigenvalue weighted by Gasteiger charge is 2.20. The lowest BCUT2D eigenvalue weighted by molar-refractivity contribution is 0.304. The van der Waals surface area contributed by atoms with Gasteiger partial charge in [-0.1, -0.05) is 50.3 Å². The Balaban J connectivity index is 1.31. The molecule has 2 aliphatic rings. The van der Waals surface area contributed by atoms with E-state index < -0.39 is 0 Å². The third-order valence-electron chi connectivity index (χ3n) is 6.55. The minimum Gasteiger partial charge on any atom is -0.368 e. The molecule has 2 aromatic rings. The average Bonchev–Trinajstić information content (AvgIpc) is 2.79. The van der Waals surface area contributed by atoms with Crippen LogP contribution in [0.1, 0.15) is 51.0 Å². The molecular formula is C24H35N5. The third-order valence-corrected chi connectivity index (χ3v) is 6.55. The predicted octanol–water partition coefficient (Wildman–Crippen LogP) is 4.25. The molecule has 1 aromatic carbocycles. The van der Waals surface area contributed by atoms with Crippen molar-refractivity contribution in [3.05, 3.63) is 48.4 Å². The molecule has 0 bridgehead atoms. The van der Waals surface area contributed by atoms with E-state index in [1.807, 2.05) is 12.3 Å². The molecule has 1 aliphatic carbocycles. The molecule has 1 atom stereocenters. The molecule has 0 radical (unpaired) electrons. The number of benzene rings is 1. The second kappa shape index (κ2) is 10.1. The normalized spacial score (nSPS) is 19.3. The first-order valence-corrected chi connectivity index (χ1v) is 11.4. The molecule has 2 fully saturated rings. The van der Waals surface area contributed by atoms with Crippen molar-refractivity contribution in [3.63, 3.8) is 0 Å². The van der Waals surface area contributed by atoms with Crippen molar-refractivity contribution in [3.8, 4) is 0 Å². The van der Waals surface area contributed by atoms with Crippen LogP contribution in [0, 0.1) is 5.92 Å². The molecule has 29 heavy (non-hydrogen) atoms. The van der Waals surface area contributed by atoms with Crippen molar-refractivity contribution in [1.82, 2.24) is 15.3 Å². The number of nitrogens with zero attached hydrogens (tertiary/aromatic N) is 4. The molecule has 1 N–H and O–H groups in total. The second-order valence-corrected chi connectivity index (χ2v) is 8.69. The third kappa shape index (κ3) is 5.47. The minimum atomic E-state index is 0.584. The molecule has 1 unspecified atom stereocenters. The van der Waals surface area contributed by atoms with Crippen LogP contribution in [0.5, 0.6) is 0 Å². The first kappa shape index (κ1) is 20.1. The lowest BCUT2D eigenvalue weighted by Gasteiger charge is -2.37. The van der Waals surface area contributed by atoms with Gasteiger partial charge in [-0.3, -0.25) is 0 Å². The predicted molar refractivity (Wildman–Crippen MR) is 120 cm³/mol. The summed E-state index contributed by atoms with van der Waals surface area (Å²) < 4.78 is 0. The number of nitrogens with one attached hydrogen (secondary N) is 1. The topological polar surface area (TPSA) is 44.3 Å². The van der Waals surface area contributed by atoms with Gasteiger partial charge in [-0.25, -0.2) is 9.97 Å². The summed E-state index contributed by atoms with van der Waals surface area (Å²) in [5, 5.41) is 3.81. The summed E-state index contributed by atoms with van der Waals surface area (Å²) in [5.41, 5.74) is 2.80. The van der Waals surface area contributed by atoms with Crippen molar-refractivity contribution in [2.75, 3.05) is 36.0 Å². The zero-order chi connectivity index (χ0) is 19.9. The molecule has 5 nitrogen and oxygen atoms in total. The highest BCUT2D eigenvalue weighted by atomic mass is 15.3. The summed E-state index contributed by atoms with van der Waals surface area (Å²) in [7, 11) is 0. The molecular weight excluding hydrogens is 358 g/mol. The Labute approximate surface area is 175 Å². The van der Waals surface area contributed by atoms with Gasteiger partial charge in [0.1, 0.15) is 12.1 Å². The molecule has 0 amide bonds. The summed E-state index contributed by atoms with van der Waals surface area (Å²) in [6.45, 7) is 7.36. The smallest absolute Gasteiger partial charge is 0.132 e. The van der Waals surface area contributed by atoms with Gasteiger partial charge in [0.25, 0.3) is 0 Å². The van der Waals surface area contributed by atoms with Crippen molar-refractivity contribution in [2.24, 2.45) is 5.92 Å². The number of hydrogen-bond acceptors (Lipinski definition) is 5. The summed E-state index contributed by atoms with van der Waals surface area (Å²) in [6, 6.07) is 11.5. The lowest BCUT2D eigenvalue weighted by atomic mass is 9.85. The van der Waals surface area contributed by atoms with Crippen LogP contribution in [0.4, 0.5) is 11.5 Å². The van der Waals surface area contributed by atoms with Crippen LogP contribution in [0.15, 0.2) is 42.9 Å². The van der Waals surface area contributed by atoms with Gasteiger partial charge >= 0.3 is 0 Å². The van der Waals surface area contributed by atoms with E-state index >= 15 is 0 Å². The van der Waals surface area contributed by atoms with Gasteiger partial charge in [0.2, 0.25) is 0 Å². The Morgan fingerprint density at radius 3 is 2.52 bits per heavy atom. The fourth-order valence-electron chi connectivity index (χ4n) is 4.91. The number of para-hydroxylation sites is 1. The number of aromatic nitrogens is 2. The van der Waals surface area contributed by atoms with Crippen LogP contribution in [0.2, 0.25) is 0 Å². The maximum atomic E-state index is 4.40. The zero-order valence-corrected chi connectivity index (χ0v) is 17.8.